The molecule has 4 heteroatoms. The van der Waals surface area contributed by atoms with Crippen LogP contribution in [0, 0.1) is 0 Å². The second-order valence-electron chi connectivity index (χ2n) is 5.66. The van der Waals surface area contributed by atoms with Crippen molar-refractivity contribution in [3.05, 3.63) is 65.7 Å². The third kappa shape index (κ3) is 3.01. The summed E-state index contributed by atoms with van der Waals surface area (Å²) in [6.07, 6.45) is 1.88. The Bertz CT molecular complexity index is 706. The van der Waals surface area contributed by atoms with Crippen molar-refractivity contribution in [3.8, 4) is 0 Å². The van der Waals surface area contributed by atoms with Gasteiger partial charge in [-0.25, -0.2) is 4.79 Å². The fraction of sp³-hybridized carbons (Fsp3) is 0.222. The van der Waals surface area contributed by atoms with Gasteiger partial charge in [-0.05, 0) is 37.5 Å². The van der Waals surface area contributed by atoms with Gasteiger partial charge in [-0.3, -0.25) is 4.79 Å². The number of hydrogen-bond donors (Lipinski definition) is 2. The Kier molecular flexibility index (Phi) is 3.67. The SMILES string of the molecule is CC(=O)c1cccc(NC(=O)NC2(c3ccccc3)CC2)c1. The highest BCUT2D eigenvalue weighted by molar-refractivity contribution is 5.96. The highest BCUT2D eigenvalue weighted by Crippen LogP contribution is 2.45. The molecule has 3 rings (SSSR count). The monoisotopic (exact) mass is 294 g/mol. The molecular formula is C18H18N2O2. The lowest BCUT2D eigenvalue weighted by molar-refractivity contribution is 0.101. The van der Waals surface area contributed by atoms with Crippen molar-refractivity contribution < 1.29 is 9.59 Å². The first-order valence-corrected chi connectivity index (χ1v) is 7.35. The first-order chi connectivity index (χ1) is 10.6. The molecule has 4 nitrogen and oxygen atoms in total. The van der Waals surface area contributed by atoms with Gasteiger partial charge in [0.15, 0.2) is 5.78 Å². The van der Waals surface area contributed by atoms with Gasteiger partial charge in [-0.2, -0.15) is 0 Å². The predicted octanol–water partition coefficient (Wildman–Crippen LogP) is 3.70. The Labute approximate surface area is 129 Å². The molecule has 2 N–H and O–H groups in total. The van der Waals surface area contributed by atoms with Crippen LogP contribution in [0.5, 0.6) is 0 Å². The average Bonchev–Trinajstić information content (AvgIpc) is 3.29. The molecule has 0 heterocycles. The van der Waals surface area contributed by atoms with E-state index in [1.54, 1.807) is 24.3 Å². The molecule has 0 spiro atoms. The minimum absolute atomic E-state index is 0.0213. The van der Waals surface area contributed by atoms with E-state index >= 15 is 0 Å². The number of urea groups is 1. The molecule has 0 saturated heterocycles. The molecule has 0 bridgehead atoms. The van der Waals surface area contributed by atoms with Crippen LogP contribution in [0.3, 0.4) is 0 Å². The minimum atomic E-state index is -0.248. The quantitative estimate of drug-likeness (QED) is 0.845. The summed E-state index contributed by atoms with van der Waals surface area (Å²) in [5.74, 6) is -0.0213. The molecule has 1 aliphatic rings. The molecule has 2 aromatic rings. The Morgan fingerprint density at radius 3 is 2.36 bits per heavy atom. The van der Waals surface area contributed by atoms with Gasteiger partial charge in [0.2, 0.25) is 0 Å². The van der Waals surface area contributed by atoms with Crippen LogP contribution in [0.1, 0.15) is 35.7 Å². The van der Waals surface area contributed by atoms with E-state index in [0.717, 1.165) is 18.4 Å². The maximum atomic E-state index is 12.2. The van der Waals surface area contributed by atoms with Crippen LogP contribution in [0.25, 0.3) is 0 Å². The Hall–Kier alpha value is -2.62. The van der Waals surface area contributed by atoms with Gasteiger partial charge >= 0.3 is 6.03 Å². The van der Waals surface area contributed by atoms with Crippen LogP contribution in [-0.4, -0.2) is 11.8 Å². The van der Waals surface area contributed by atoms with Gasteiger partial charge in [-0.1, -0.05) is 42.5 Å². The molecule has 1 fully saturated rings. The summed E-state index contributed by atoms with van der Waals surface area (Å²) < 4.78 is 0. The lowest BCUT2D eigenvalue weighted by atomic mass is 10.1. The van der Waals surface area contributed by atoms with E-state index in [0.29, 0.717) is 11.3 Å². The van der Waals surface area contributed by atoms with E-state index in [4.69, 9.17) is 0 Å². The number of benzene rings is 2. The number of hydrogen-bond acceptors (Lipinski definition) is 2. The van der Waals surface area contributed by atoms with Crippen molar-refractivity contribution in [2.24, 2.45) is 0 Å². The van der Waals surface area contributed by atoms with Crippen molar-refractivity contribution in [2.45, 2.75) is 25.3 Å². The van der Waals surface area contributed by atoms with Gasteiger partial charge in [0, 0.05) is 11.3 Å². The van der Waals surface area contributed by atoms with Gasteiger partial charge in [0.05, 0.1) is 5.54 Å². The highest BCUT2D eigenvalue weighted by atomic mass is 16.2. The van der Waals surface area contributed by atoms with Crippen molar-refractivity contribution in [3.63, 3.8) is 0 Å². The fourth-order valence-corrected chi connectivity index (χ4v) is 2.56. The fourth-order valence-electron chi connectivity index (χ4n) is 2.56. The van der Waals surface area contributed by atoms with Gasteiger partial charge in [-0.15, -0.1) is 0 Å². The van der Waals surface area contributed by atoms with Gasteiger partial charge in [0.1, 0.15) is 0 Å². The maximum Gasteiger partial charge on any atom is 0.319 e. The molecule has 2 amide bonds. The molecule has 0 unspecified atom stereocenters. The summed E-state index contributed by atoms with van der Waals surface area (Å²) >= 11 is 0. The van der Waals surface area contributed by atoms with E-state index in [1.807, 2.05) is 30.3 Å². The minimum Gasteiger partial charge on any atom is -0.328 e. The van der Waals surface area contributed by atoms with Crippen LogP contribution in [-0.2, 0) is 5.54 Å². The summed E-state index contributed by atoms with van der Waals surface area (Å²) in [5.41, 5.74) is 2.09. The Morgan fingerprint density at radius 2 is 1.73 bits per heavy atom. The van der Waals surface area contributed by atoms with E-state index in [1.165, 1.54) is 6.92 Å². The lowest BCUT2D eigenvalue weighted by Gasteiger charge is -2.18. The van der Waals surface area contributed by atoms with E-state index in [9.17, 15) is 9.59 Å². The summed E-state index contributed by atoms with van der Waals surface area (Å²) in [7, 11) is 0. The number of anilines is 1. The average molecular weight is 294 g/mol. The summed E-state index contributed by atoms with van der Waals surface area (Å²) in [5, 5.41) is 5.85. The molecule has 112 valence electrons. The zero-order valence-electron chi connectivity index (χ0n) is 12.4. The number of carbonyl (C=O) groups is 2. The number of amides is 2. The molecule has 0 aliphatic heterocycles. The molecule has 0 atom stereocenters. The number of nitrogens with one attached hydrogen (secondary N) is 2. The van der Waals surface area contributed by atoms with E-state index in [2.05, 4.69) is 10.6 Å². The van der Waals surface area contributed by atoms with Crippen molar-refractivity contribution in [1.29, 1.82) is 0 Å². The van der Waals surface area contributed by atoms with Crippen LogP contribution >= 0.6 is 0 Å². The highest BCUT2D eigenvalue weighted by Gasteiger charge is 2.45. The van der Waals surface area contributed by atoms with Crippen LogP contribution in [0.2, 0.25) is 0 Å². The zero-order valence-corrected chi connectivity index (χ0v) is 12.4. The topological polar surface area (TPSA) is 58.2 Å². The first-order valence-electron chi connectivity index (χ1n) is 7.35. The molecular weight excluding hydrogens is 276 g/mol. The van der Waals surface area contributed by atoms with Crippen molar-refractivity contribution in [1.82, 2.24) is 5.32 Å². The predicted molar refractivity (Wildman–Crippen MR) is 86.0 cm³/mol. The molecule has 0 aromatic heterocycles. The smallest absolute Gasteiger partial charge is 0.319 e. The second kappa shape index (κ2) is 5.64. The number of ketones is 1. The molecule has 1 aliphatic carbocycles. The molecule has 2 aromatic carbocycles. The molecule has 22 heavy (non-hydrogen) atoms. The van der Waals surface area contributed by atoms with Crippen LogP contribution < -0.4 is 10.6 Å². The largest absolute Gasteiger partial charge is 0.328 e. The van der Waals surface area contributed by atoms with E-state index in [-0.39, 0.29) is 17.4 Å². The Balaban J connectivity index is 1.68. The van der Waals surface area contributed by atoms with E-state index < -0.39 is 0 Å². The summed E-state index contributed by atoms with van der Waals surface area (Å²) in [6.45, 7) is 1.51. The third-order valence-electron chi connectivity index (χ3n) is 3.96. The number of Topliss-reactive ketones (excluding diaryl/α,β-unsaturated/α-hetero) is 1. The normalized spacial score (nSPS) is 15.0. The summed E-state index contributed by atoms with van der Waals surface area (Å²) in [6, 6.07) is 16.7. The standard InChI is InChI=1S/C18H18N2O2/c1-13(21)14-6-5-9-16(12-14)19-17(22)20-18(10-11-18)15-7-3-2-4-8-15/h2-9,12H,10-11H2,1H3,(H2,19,20,22). The lowest BCUT2D eigenvalue weighted by Crippen LogP contribution is -2.38. The van der Waals surface area contributed by atoms with Crippen LogP contribution in [0.4, 0.5) is 10.5 Å². The number of rotatable bonds is 4. The van der Waals surface area contributed by atoms with Crippen LogP contribution in [0.15, 0.2) is 54.6 Å². The first kappa shape index (κ1) is 14.3. The van der Waals surface area contributed by atoms with Crippen molar-refractivity contribution >= 4 is 17.5 Å². The zero-order chi connectivity index (χ0) is 15.6. The maximum absolute atomic E-state index is 12.2. The van der Waals surface area contributed by atoms with Gasteiger partial charge in [0.25, 0.3) is 0 Å². The molecule has 0 radical (unpaired) electrons. The third-order valence-corrected chi connectivity index (χ3v) is 3.96. The van der Waals surface area contributed by atoms with Gasteiger partial charge < -0.3 is 10.6 Å². The summed E-state index contributed by atoms with van der Waals surface area (Å²) in [4.78, 5) is 23.6. The molecule has 1 saturated carbocycles. The van der Waals surface area contributed by atoms with Crippen molar-refractivity contribution in [2.75, 3.05) is 5.32 Å². The second-order valence-corrected chi connectivity index (χ2v) is 5.66. The number of carbonyl (C=O) groups excluding carboxylic acids is 2. The Morgan fingerprint density at radius 1 is 1.00 bits per heavy atom.